The molecule has 6 heteroatoms. The fourth-order valence-corrected chi connectivity index (χ4v) is 5.41. The molecule has 1 unspecified atom stereocenters. The highest BCUT2D eigenvalue weighted by Crippen LogP contribution is 2.28. The summed E-state index contributed by atoms with van der Waals surface area (Å²) in [5.74, 6) is 1.74. The predicted octanol–water partition coefficient (Wildman–Crippen LogP) is 5.52. The van der Waals surface area contributed by atoms with Crippen molar-refractivity contribution < 1.29 is 9.47 Å². The second kappa shape index (κ2) is 13.3. The first kappa shape index (κ1) is 31.2. The van der Waals surface area contributed by atoms with Gasteiger partial charge < -0.3 is 14.8 Å². The standard InChI is InChI=1S/C32H58N4O2/c1-10-26(2)35-23-27(24-35)34-17-19-36(20-18-34)32(8,9)15-14-31(6,7)33-16-21-37-28-12-11-13-29(22-28)38-25-30(3,4)5/h11-13,22,26-27,33H,10,14-21,23-25H2,1-9H3. The van der Waals surface area contributed by atoms with Crippen molar-refractivity contribution in [2.45, 2.75) is 105 Å². The van der Waals surface area contributed by atoms with Gasteiger partial charge in [-0.15, -0.1) is 0 Å². The SMILES string of the molecule is CCC(C)N1CC(N2CCN(C(C)(C)CCC(C)(C)NCCOc3cccc(OCC(C)(C)C)c3)CC2)C1. The number of ether oxygens (including phenoxy) is 2. The van der Waals surface area contributed by atoms with Gasteiger partial charge in [-0.25, -0.2) is 0 Å². The number of benzene rings is 1. The van der Waals surface area contributed by atoms with E-state index in [1.165, 1.54) is 52.1 Å². The van der Waals surface area contributed by atoms with E-state index in [9.17, 15) is 0 Å². The van der Waals surface area contributed by atoms with E-state index in [2.05, 4.69) is 82.3 Å². The number of likely N-dealkylation sites (tertiary alicyclic amines) is 1. The van der Waals surface area contributed by atoms with Crippen LogP contribution < -0.4 is 14.8 Å². The second-order valence-electron chi connectivity index (χ2n) is 14.2. The molecule has 3 rings (SSSR count). The van der Waals surface area contributed by atoms with Gasteiger partial charge in [-0.1, -0.05) is 33.8 Å². The minimum Gasteiger partial charge on any atom is -0.493 e. The summed E-state index contributed by atoms with van der Waals surface area (Å²) in [5.41, 5.74) is 0.434. The Labute approximate surface area is 234 Å². The van der Waals surface area contributed by atoms with Crippen LogP contribution in [0.15, 0.2) is 24.3 Å². The Morgan fingerprint density at radius 1 is 0.921 bits per heavy atom. The lowest BCUT2D eigenvalue weighted by atomic mass is 9.87. The molecule has 1 atom stereocenters. The highest BCUT2D eigenvalue weighted by atomic mass is 16.5. The van der Waals surface area contributed by atoms with Crippen molar-refractivity contribution in [3.63, 3.8) is 0 Å². The van der Waals surface area contributed by atoms with E-state index >= 15 is 0 Å². The third-order valence-corrected chi connectivity index (χ3v) is 8.60. The molecule has 38 heavy (non-hydrogen) atoms. The first-order valence-corrected chi connectivity index (χ1v) is 15.1. The van der Waals surface area contributed by atoms with Crippen LogP contribution in [0.3, 0.4) is 0 Å². The smallest absolute Gasteiger partial charge is 0.123 e. The molecular weight excluding hydrogens is 472 g/mol. The lowest BCUT2D eigenvalue weighted by Gasteiger charge is -2.52. The van der Waals surface area contributed by atoms with Crippen LogP contribution in [-0.4, -0.2) is 96.9 Å². The molecule has 0 spiro atoms. The fourth-order valence-electron chi connectivity index (χ4n) is 5.41. The third-order valence-electron chi connectivity index (χ3n) is 8.60. The van der Waals surface area contributed by atoms with Crippen molar-refractivity contribution in [3.05, 3.63) is 24.3 Å². The Morgan fingerprint density at radius 2 is 1.55 bits per heavy atom. The van der Waals surface area contributed by atoms with E-state index in [0.717, 1.165) is 36.5 Å². The molecule has 0 saturated carbocycles. The van der Waals surface area contributed by atoms with Gasteiger partial charge in [-0.2, -0.15) is 0 Å². The maximum absolute atomic E-state index is 6.03. The van der Waals surface area contributed by atoms with Gasteiger partial charge in [0.05, 0.1) is 6.61 Å². The van der Waals surface area contributed by atoms with Gasteiger partial charge in [0.25, 0.3) is 0 Å². The van der Waals surface area contributed by atoms with E-state index in [0.29, 0.717) is 13.2 Å². The minimum absolute atomic E-state index is 0.0749. The highest BCUT2D eigenvalue weighted by Gasteiger charge is 2.37. The van der Waals surface area contributed by atoms with Crippen LogP contribution in [0, 0.1) is 5.41 Å². The topological polar surface area (TPSA) is 40.2 Å². The van der Waals surface area contributed by atoms with Gasteiger partial charge in [0.1, 0.15) is 18.1 Å². The largest absolute Gasteiger partial charge is 0.493 e. The van der Waals surface area contributed by atoms with Crippen LogP contribution in [0.2, 0.25) is 0 Å². The minimum atomic E-state index is 0.0749. The lowest BCUT2D eigenvalue weighted by Crippen LogP contribution is -2.65. The molecule has 0 aliphatic carbocycles. The van der Waals surface area contributed by atoms with Gasteiger partial charge >= 0.3 is 0 Å². The van der Waals surface area contributed by atoms with Crippen LogP contribution in [0.25, 0.3) is 0 Å². The maximum atomic E-state index is 6.03. The molecule has 1 N–H and O–H groups in total. The Morgan fingerprint density at radius 3 is 2.16 bits per heavy atom. The molecule has 218 valence electrons. The van der Waals surface area contributed by atoms with Gasteiger partial charge in [-0.05, 0) is 71.4 Å². The predicted molar refractivity (Wildman–Crippen MR) is 161 cm³/mol. The zero-order valence-corrected chi connectivity index (χ0v) is 26.1. The van der Waals surface area contributed by atoms with E-state index in [4.69, 9.17) is 9.47 Å². The van der Waals surface area contributed by atoms with E-state index in [1.807, 2.05) is 24.3 Å². The summed E-state index contributed by atoms with van der Waals surface area (Å²) in [6.07, 6.45) is 3.59. The molecule has 0 bridgehead atoms. The van der Waals surface area contributed by atoms with Crippen molar-refractivity contribution >= 4 is 0 Å². The van der Waals surface area contributed by atoms with Gasteiger partial charge in [-0.3, -0.25) is 14.7 Å². The number of nitrogens with zero attached hydrogens (tertiary/aromatic N) is 3. The summed E-state index contributed by atoms with van der Waals surface area (Å²) < 4.78 is 11.9. The number of hydrogen-bond donors (Lipinski definition) is 1. The molecule has 0 amide bonds. The molecule has 0 radical (unpaired) electrons. The van der Waals surface area contributed by atoms with Crippen LogP contribution in [-0.2, 0) is 0 Å². The molecule has 6 nitrogen and oxygen atoms in total. The second-order valence-corrected chi connectivity index (χ2v) is 14.2. The number of hydrogen-bond acceptors (Lipinski definition) is 6. The number of rotatable bonds is 14. The molecular formula is C32H58N4O2. The maximum Gasteiger partial charge on any atom is 0.123 e. The average molecular weight is 531 g/mol. The first-order chi connectivity index (χ1) is 17.8. The quantitative estimate of drug-likeness (QED) is 0.320. The fraction of sp³-hybridized carbons (Fsp3) is 0.812. The highest BCUT2D eigenvalue weighted by molar-refractivity contribution is 5.33. The molecule has 1 aromatic carbocycles. The van der Waals surface area contributed by atoms with Crippen LogP contribution in [0.1, 0.15) is 81.6 Å². The molecule has 2 heterocycles. The first-order valence-electron chi connectivity index (χ1n) is 15.1. The Bertz CT molecular complexity index is 836. The van der Waals surface area contributed by atoms with Crippen LogP contribution >= 0.6 is 0 Å². The van der Waals surface area contributed by atoms with E-state index in [-0.39, 0.29) is 16.5 Å². The van der Waals surface area contributed by atoms with Crippen LogP contribution in [0.5, 0.6) is 11.5 Å². The van der Waals surface area contributed by atoms with Crippen molar-refractivity contribution in [1.29, 1.82) is 0 Å². The summed E-state index contributed by atoms with van der Waals surface area (Å²) in [6.45, 7) is 30.2. The summed E-state index contributed by atoms with van der Waals surface area (Å²) in [7, 11) is 0. The molecule has 2 aliphatic heterocycles. The zero-order valence-electron chi connectivity index (χ0n) is 26.1. The van der Waals surface area contributed by atoms with Gasteiger partial charge in [0.15, 0.2) is 0 Å². The summed E-state index contributed by atoms with van der Waals surface area (Å²) in [6, 6.07) is 9.50. The van der Waals surface area contributed by atoms with Crippen molar-refractivity contribution in [1.82, 2.24) is 20.0 Å². The monoisotopic (exact) mass is 530 g/mol. The summed E-state index contributed by atoms with van der Waals surface area (Å²) in [5, 5.41) is 3.73. The van der Waals surface area contributed by atoms with E-state index in [1.54, 1.807) is 0 Å². The van der Waals surface area contributed by atoms with Crippen molar-refractivity contribution in [2.75, 3.05) is 59.0 Å². The lowest BCUT2D eigenvalue weighted by molar-refractivity contribution is -0.0324. The van der Waals surface area contributed by atoms with Crippen molar-refractivity contribution in [2.24, 2.45) is 5.41 Å². The molecule has 2 aliphatic rings. The zero-order chi connectivity index (χ0) is 28.0. The molecule has 1 aromatic rings. The molecule has 0 aromatic heterocycles. The van der Waals surface area contributed by atoms with Gasteiger partial charge in [0.2, 0.25) is 0 Å². The van der Waals surface area contributed by atoms with Crippen molar-refractivity contribution in [3.8, 4) is 11.5 Å². The Balaban J connectivity index is 1.33. The molecule has 2 fully saturated rings. The normalized spacial score (nSPS) is 19.8. The third kappa shape index (κ3) is 9.69. The Hall–Kier alpha value is -1.34. The van der Waals surface area contributed by atoms with E-state index < -0.39 is 0 Å². The number of piperazine rings is 1. The molecule has 2 saturated heterocycles. The number of nitrogens with one attached hydrogen (secondary N) is 1. The Kier molecular flexibility index (Phi) is 11.0. The summed E-state index contributed by atoms with van der Waals surface area (Å²) in [4.78, 5) is 8.10. The summed E-state index contributed by atoms with van der Waals surface area (Å²) >= 11 is 0. The van der Waals surface area contributed by atoms with Gasteiger partial charge in [0, 0.05) is 75.0 Å². The average Bonchev–Trinajstić information content (AvgIpc) is 2.83. The van der Waals surface area contributed by atoms with Crippen LogP contribution in [0.4, 0.5) is 0 Å².